The highest BCUT2D eigenvalue weighted by Crippen LogP contribution is 2.39. The van der Waals surface area contributed by atoms with E-state index in [-0.39, 0.29) is 24.4 Å². The van der Waals surface area contributed by atoms with Gasteiger partial charge >= 0.3 is 6.08 Å². The van der Waals surface area contributed by atoms with Crippen LogP contribution < -0.4 is 10.1 Å². The van der Waals surface area contributed by atoms with E-state index in [4.69, 9.17) is 20.9 Å². The van der Waals surface area contributed by atoms with Crippen molar-refractivity contribution in [3.63, 3.8) is 0 Å². The van der Waals surface area contributed by atoms with Crippen molar-refractivity contribution in [2.45, 2.75) is 25.3 Å². The van der Waals surface area contributed by atoms with E-state index < -0.39 is 11.4 Å². The Balaban J connectivity index is 1.59. The molecule has 0 bridgehead atoms. The normalized spacial score (nSPS) is 16.0. The van der Waals surface area contributed by atoms with Crippen molar-refractivity contribution in [2.75, 3.05) is 6.61 Å². The van der Waals surface area contributed by atoms with Gasteiger partial charge in [0.15, 0.2) is 6.61 Å². The number of rotatable bonds is 6. The number of carbonyl (C=O) groups excluding carboxylic acids is 1. The lowest BCUT2D eigenvalue weighted by molar-refractivity contribution is -0.125. The molecule has 24 heavy (non-hydrogen) atoms. The summed E-state index contributed by atoms with van der Waals surface area (Å²) in [6, 6.07) is 9.19. The summed E-state index contributed by atoms with van der Waals surface area (Å²) in [6.45, 7) is 1.40. The van der Waals surface area contributed by atoms with Gasteiger partial charge in [0.05, 0.1) is 11.1 Å². The number of benzene rings is 1. The average Bonchev–Trinajstić information content (AvgIpc) is 3.33. The van der Waals surface area contributed by atoms with Gasteiger partial charge in [-0.3, -0.25) is 9.32 Å². The topological polar surface area (TPSA) is 101 Å². The summed E-state index contributed by atoms with van der Waals surface area (Å²) in [5, 5.41) is 16.2. The molecule has 2 aromatic rings. The lowest BCUT2D eigenvalue weighted by Gasteiger charge is -2.22. The van der Waals surface area contributed by atoms with E-state index in [1.807, 2.05) is 0 Å². The maximum absolute atomic E-state index is 12.0. The summed E-state index contributed by atoms with van der Waals surface area (Å²) in [5.74, 6) is 0.0565. The number of nitrogens with one attached hydrogen (secondary N) is 1. The van der Waals surface area contributed by atoms with Gasteiger partial charge in [0.2, 0.25) is 5.82 Å². The van der Waals surface area contributed by atoms with Crippen molar-refractivity contribution >= 4 is 17.5 Å². The van der Waals surface area contributed by atoms with Crippen molar-refractivity contribution in [3.05, 3.63) is 29.3 Å². The van der Waals surface area contributed by atoms with E-state index in [9.17, 15) is 10.1 Å². The monoisotopic (exact) mass is 346 g/mol. The highest BCUT2D eigenvalue weighted by molar-refractivity contribution is 6.33. The van der Waals surface area contributed by atoms with Crippen molar-refractivity contribution < 1.29 is 14.1 Å². The van der Waals surface area contributed by atoms with Crippen LogP contribution in [0, 0.1) is 17.2 Å². The molecule has 7 nitrogen and oxygen atoms in total. The van der Waals surface area contributed by atoms with Gasteiger partial charge < -0.3 is 10.1 Å². The zero-order chi connectivity index (χ0) is 17.2. The van der Waals surface area contributed by atoms with Crippen molar-refractivity contribution in [1.82, 2.24) is 15.5 Å². The number of amides is 1. The molecule has 0 spiro atoms. The molecule has 1 aliphatic rings. The summed E-state index contributed by atoms with van der Waals surface area (Å²) in [6.07, 6.45) is 1.75. The summed E-state index contributed by atoms with van der Waals surface area (Å²) in [7, 11) is 0. The largest absolute Gasteiger partial charge is 0.439 e. The zero-order valence-electron chi connectivity index (χ0n) is 13.0. The third-order valence-electron chi connectivity index (χ3n) is 3.87. The summed E-state index contributed by atoms with van der Waals surface area (Å²) in [4.78, 5) is 16.0. The fourth-order valence-corrected chi connectivity index (χ4v) is 2.58. The summed E-state index contributed by atoms with van der Waals surface area (Å²) < 4.78 is 10.1. The fraction of sp³-hybridized carbons (Fsp3) is 0.375. The van der Waals surface area contributed by atoms with Crippen LogP contribution in [0.2, 0.25) is 5.02 Å². The van der Waals surface area contributed by atoms with Crippen LogP contribution in [0.25, 0.3) is 11.4 Å². The van der Waals surface area contributed by atoms with Crippen LogP contribution in [0.15, 0.2) is 28.8 Å². The summed E-state index contributed by atoms with van der Waals surface area (Å²) in [5.41, 5.74) is -0.258. The Morgan fingerprint density at radius 3 is 2.96 bits per heavy atom. The molecule has 0 saturated heterocycles. The first-order chi connectivity index (χ1) is 11.5. The quantitative estimate of drug-likeness (QED) is 0.862. The smallest absolute Gasteiger partial charge is 0.418 e. The number of ether oxygens (including phenoxy) is 1. The number of hydrogen-bond acceptors (Lipinski definition) is 6. The number of nitriles is 1. The predicted molar refractivity (Wildman–Crippen MR) is 85.1 cm³/mol. The molecule has 1 aromatic carbocycles. The van der Waals surface area contributed by atoms with Gasteiger partial charge in [0.25, 0.3) is 5.91 Å². The maximum Gasteiger partial charge on any atom is 0.418 e. The minimum Gasteiger partial charge on any atom is -0.439 e. The van der Waals surface area contributed by atoms with Crippen LogP contribution in [0.4, 0.5) is 0 Å². The third-order valence-corrected chi connectivity index (χ3v) is 4.20. The Bertz CT molecular complexity index is 797. The number of carbonyl (C=O) groups is 1. The molecule has 8 heteroatoms. The van der Waals surface area contributed by atoms with Crippen LogP contribution in [-0.2, 0) is 4.79 Å². The van der Waals surface area contributed by atoms with Gasteiger partial charge in [-0.05, 0) is 37.8 Å². The lowest BCUT2D eigenvalue weighted by Crippen LogP contribution is -2.48. The number of aromatic nitrogens is 2. The fourth-order valence-electron chi connectivity index (χ4n) is 2.36. The van der Waals surface area contributed by atoms with Crippen LogP contribution >= 0.6 is 11.6 Å². The predicted octanol–water partition coefficient (Wildman–Crippen LogP) is 2.58. The van der Waals surface area contributed by atoms with Crippen molar-refractivity contribution in [2.24, 2.45) is 5.92 Å². The number of halogens is 1. The second kappa shape index (κ2) is 6.49. The van der Waals surface area contributed by atoms with E-state index in [1.54, 1.807) is 31.2 Å². The first-order valence-electron chi connectivity index (χ1n) is 7.45. The van der Waals surface area contributed by atoms with Crippen LogP contribution in [0.3, 0.4) is 0 Å². The molecule has 124 valence electrons. The van der Waals surface area contributed by atoms with E-state index in [1.165, 1.54) is 0 Å². The Kier molecular flexibility index (Phi) is 4.40. The van der Waals surface area contributed by atoms with Crippen molar-refractivity contribution in [1.29, 1.82) is 5.26 Å². The van der Waals surface area contributed by atoms with Crippen LogP contribution in [0.5, 0.6) is 6.08 Å². The highest BCUT2D eigenvalue weighted by atomic mass is 35.5. The second-order valence-electron chi connectivity index (χ2n) is 5.79. The molecule has 1 atom stereocenters. The standard InChI is InChI=1S/C16H15ClN4O3/c1-16(9-18,10-6-7-10)20-13(22)8-23-15-19-14(21-24-15)11-4-2-3-5-12(11)17/h2-5,10H,6-8H2,1H3,(H,20,22)/t16-/m1/s1. The molecule has 1 aliphatic carbocycles. The van der Waals surface area contributed by atoms with Crippen LogP contribution in [0.1, 0.15) is 19.8 Å². The zero-order valence-corrected chi connectivity index (χ0v) is 13.7. The van der Waals surface area contributed by atoms with Gasteiger partial charge in [-0.25, -0.2) is 0 Å². The van der Waals surface area contributed by atoms with Gasteiger partial charge in [-0.1, -0.05) is 28.9 Å². The first-order valence-corrected chi connectivity index (χ1v) is 7.83. The van der Waals surface area contributed by atoms with E-state index >= 15 is 0 Å². The molecule has 1 aromatic heterocycles. The van der Waals surface area contributed by atoms with Gasteiger partial charge in [-0.15, -0.1) is 0 Å². The average molecular weight is 347 g/mol. The van der Waals surface area contributed by atoms with E-state index in [0.29, 0.717) is 10.6 Å². The Labute approximate surface area is 143 Å². The molecule has 1 amide bonds. The molecule has 1 fully saturated rings. The molecule has 1 saturated carbocycles. The molecule has 0 unspecified atom stereocenters. The summed E-state index contributed by atoms with van der Waals surface area (Å²) >= 11 is 6.06. The van der Waals surface area contributed by atoms with Crippen LogP contribution in [-0.4, -0.2) is 28.2 Å². The Morgan fingerprint density at radius 1 is 1.54 bits per heavy atom. The second-order valence-corrected chi connectivity index (χ2v) is 6.20. The van der Waals surface area contributed by atoms with E-state index in [0.717, 1.165) is 12.8 Å². The molecule has 0 aliphatic heterocycles. The first kappa shape index (κ1) is 16.3. The lowest BCUT2D eigenvalue weighted by atomic mass is 9.98. The van der Waals surface area contributed by atoms with Gasteiger partial charge in [0, 0.05) is 5.56 Å². The minimum absolute atomic E-state index is 0.134. The van der Waals surface area contributed by atoms with E-state index in [2.05, 4.69) is 21.5 Å². The van der Waals surface area contributed by atoms with Gasteiger partial charge in [-0.2, -0.15) is 10.2 Å². The number of nitrogens with zero attached hydrogens (tertiary/aromatic N) is 3. The Morgan fingerprint density at radius 2 is 2.29 bits per heavy atom. The maximum atomic E-state index is 12.0. The number of hydrogen-bond donors (Lipinski definition) is 1. The molecule has 1 N–H and O–H groups in total. The molecule has 0 radical (unpaired) electrons. The SMILES string of the molecule is C[C@](C#N)(NC(=O)COc1nc(-c2ccccc2Cl)no1)C1CC1. The Hall–Kier alpha value is -2.59. The molecular formula is C16H15ClN4O3. The minimum atomic E-state index is -0.863. The van der Waals surface area contributed by atoms with Crippen molar-refractivity contribution in [3.8, 4) is 23.5 Å². The molecular weight excluding hydrogens is 332 g/mol. The third kappa shape index (κ3) is 3.49. The molecule has 3 rings (SSSR count). The molecule has 1 heterocycles. The highest BCUT2D eigenvalue weighted by Gasteiger charge is 2.43. The van der Waals surface area contributed by atoms with Gasteiger partial charge in [0.1, 0.15) is 5.54 Å².